The number of nitrogens with zero attached hydrogens (tertiary/aromatic N) is 3. The van der Waals surface area contributed by atoms with Gasteiger partial charge in [0, 0.05) is 24.0 Å². The van der Waals surface area contributed by atoms with Crippen LogP contribution in [-0.2, 0) is 16.5 Å². The molecule has 4 bridgehead atoms. The highest BCUT2D eigenvalue weighted by atomic mass is 19.4. The van der Waals surface area contributed by atoms with Crippen molar-refractivity contribution in [3.05, 3.63) is 71.4 Å². The molecule has 3 heterocycles. The van der Waals surface area contributed by atoms with E-state index in [1.54, 1.807) is 23.1 Å². The first-order valence-electron chi connectivity index (χ1n) is 14.7. The number of amides is 1. The van der Waals surface area contributed by atoms with Crippen LogP contribution in [-0.4, -0.2) is 67.5 Å². The summed E-state index contributed by atoms with van der Waals surface area (Å²) in [5, 5.41) is 21.4. The highest BCUT2D eigenvalue weighted by Crippen LogP contribution is 2.40. The largest absolute Gasteiger partial charge is 0.481 e. The molecule has 1 atom stereocenters. The number of aliphatic carboxylic acids is 1. The van der Waals surface area contributed by atoms with E-state index < -0.39 is 40.1 Å². The number of carboxylic acids is 1. The van der Waals surface area contributed by atoms with Gasteiger partial charge in [0.1, 0.15) is 25.2 Å². The monoisotopic (exact) mass is 614 g/mol. The van der Waals surface area contributed by atoms with Crippen LogP contribution in [0, 0.1) is 0 Å². The number of carbonyl (C=O) groups is 2. The molecule has 0 fully saturated rings. The Bertz CT molecular complexity index is 1520. The molecule has 14 heteroatoms. The fraction of sp³-hybridized carbons (Fsp3) is 0.419. The molecule has 1 aromatic carbocycles. The first kappa shape index (κ1) is 34.1. The fourth-order valence-corrected chi connectivity index (χ4v) is 5.39. The van der Waals surface area contributed by atoms with Crippen molar-refractivity contribution in [2.45, 2.75) is 74.8 Å². The summed E-state index contributed by atoms with van der Waals surface area (Å²) in [5.41, 5.74) is -3.53. The Balaban J connectivity index is 1.78. The van der Waals surface area contributed by atoms with Gasteiger partial charge < -0.3 is 20.4 Å². The van der Waals surface area contributed by atoms with E-state index in [9.17, 15) is 33.0 Å². The van der Waals surface area contributed by atoms with Crippen molar-refractivity contribution in [2.24, 2.45) is 0 Å². The molecule has 0 aliphatic carbocycles. The SMILES string of the molecule is [B]C1(O)CCCCCCCCN(C([B])([B])CCC(=O)O)c2cccc(n2)C(=O)Nc2ccc(C(F)(F)F)c(n2)-c2ccccc21. The number of aromatic nitrogens is 2. The van der Waals surface area contributed by atoms with Crippen molar-refractivity contribution in [1.29, 1.82) is 0 Å². The van der Waals surface area contributed by atoms with Gasteiger partial charge in [-0.3, -0.25) is 9.59 Å². The number of rotatable bonds is 4. The summed E-state index contributed by atoms with van der Waals surface area (Å²) in [6, 6.07) is 12.4. The Morgan fingerprint density at radius 2 is 1.64 bits per heavy atom. The van der Waals surface area contributed by atoms with Crippen molar-refractivity contribution < 1.29 is 33.0 Å². The lowest BCUT2D eigenvalue weighted by atomic mass is 9.58. The number of carbonyl (C=O) groups excluding carboxylic acids is 1. The van der Waals surface area contributed by atoms with Crippen molar-refractivity contribution >= 4 is 47.1 Å². The second-order valence-corrected chi connectivity index (χ2v) is 11.3. The minimum Gasteiger partial charge on any atom is -0.481 e. The zero-order chi connectivity index (χ0) is 32.8. The molecule has 4 rings (SSSR count). The molecular weight excluding hydrogens is 582 g/mol. The van der Waals surface area contributed by atoms with Gasteiger partial charge in [0.05, 0.1) is 26.9 Å². The molecule has 0 saturated heterocycles. The third-order valence-electron chi connectivity index (χ3n) is 7.77. The van der Waals surface area contributed by atoms with Crippen LogP contribution in [0.15, 0.2) is 54.6 Å². The maximum absolute atomic E-state index is 14.2. The van der Waals surface area contributed by atoms with Gasteiger partial charge in [-0.25, -0.2) is 9.97 Å². The number of anilines is 2. The molecule has 1 aliphatic heterocycles. The van der Waals surface area contributed by atoms with Gasteiger partial charge in [-0.15, -0.1) is 0 Å². The first-order valence-corrected chi connectivity index (χ1v) is 14.7. The van der Waals surface area contributed by atoms with E-state index in [1.807, 2.05) is 0 Å². The van der Waals surface area contributed by atoms with Crippen molar-refractivity contribution in [3.8, 4) is 11.3 Å². The van der Waals surface area contributed by atoms with Gasteiger partial charge in [0.25, 0.3) is 5.91 Å². The van der Waals surface area contributed by atoms with Gasteiger partial charge in [-0.05, 0) is 54.4 Å². The van der Waals surface area contributed by atoms with Crippen LogP contribution in [0.1, 0.15) is 79.4 Å². The molecule has 1 aliphatic rings. The van der Waals surface area contributed by atoms with Crippen LogP contribution in [0.25, 0.3) is 11.3 Å². The van der Waals surface area contributed by atoms with Gasteiger partial charge in [0.2, 0.25) is 0 Å². The summed E-state index contributed by atoms with van der Waals surface area (Å²) >= 11 is 0. The second kappa shape index (κ2) is 14.1. The molecule has 3 N–H and O–H groups in total. The van der Waals surface area contributed by atoms with E-state index >= 15 is 0 Å². The maximum atomic E-state index is 14.2. The molecule has 1 amide bonds. The highest BCUT2D eigenvalue weighted by Gasteiger charge is 2.37. The molecule has 0 saturated carbocycles. The average Bonchev–Trinajstić information content (AvgIpc) is 2.98. The molecule has 2 aromatic heterocycles. The predicted octanol–water partition coefficient (Wildman–Crippen LogP) is 5.13. The van der Waals surface area contributed by atoms with Crippen LogP contribution < -0.4 is 10.2 Å². The molecule has 45 heavy (non-hydrogen) atoms. The van der Waals surface area contributed by atoms with E-state index in [0.717, 1.165) is 37.8 Å². The molecule has 230 valence electrons. The van der Waals surface area contributed by atoms with Gasteiger partial charge in [0.15, 0.2) is 0 Å². The van der Waals surface area contributed by atoms with Crippen LogP contribution in [0.4, 0.5) is 24.8 Å². The summed E-state index contributed by atoms with van der Waals surface area (Å²) < 4.78 is 42.5. The topological polar surface area (TPSA) is 116 Å². The average molecular weight is 614 g/mol. The second-order valence-electron chi connectivity index (χ2n) is 11.3. The molecule has 1 unspecified atom stereocenters. The van der Waals surface area contributed by atoms with Crippen LogP contribution in [0.2, 0.25) is 0 Å². The number of carboxylic acid groups (broad SMARTS) is 1. The summed E-state index contributed by atoms with van der Waals surface area (Å²) in [4.78, 5) is 34.7. The highest BCUT2D eigenvalue weighted by molar-refractivity contribution is 6.41. The fourth-order valence-electron chi connectivity index (χ4n) is 5.39. The van der Waals surface area contributed by atoms with Crippen molar-refractivity contribution in [3.63, 3.8) is 0 Å². The molecule has 0 spiro atoms. The number of hydrogen-bond donors (Lipinski definition) is 3. The molecule has 8 nitrogen and oxygen atoms in total. The van der Waals surface area contributed by atoms with E-state index in [-0.39, 0.29) is 47.7 Å². The van der Waals surface area contributed by atoms with Crippen molar-refractivity contribution in [1.82, 2.24) is 9.97 Å². The summed E-state index contributed by atoms with van der Waals surface area (Å²) in [5.74, 6) is -1.78. The lowest BCUT2D eigenvalue weighted by molar-refractivity contribution is -0.138. The first-order chi connectivity index (χ1) is 21.2. The minimum absolute atomic E-state index is 0.0142. The number of aliphatic hydroxyl groups is 1. The number of pyridine rings is 2. The molecular formula is C31H32B3F3N4O4. The van der Waals surface area contributed by atoms with Gasteiger partial charge in [-0.1, -0.05) is 62.4 Å². The predicted molar refractivity (Wildman–Crippen MR) is 167 cm³/mol. The third-order valence-corrected chi connectivity index (χ3v) is 7.77. The van der Waals surface area contributed by atoms with Gasteiger partial charge in [-0.2, -0.15) is 13.2 Å². The number of alkyl halides is 3. The minimum atomic E-state index is -4.80. The van der Waals surface area contributed by atoms with Gasteiger partial charge >= 0.3 is 12.1 Å². The zero-order valence-electron chi connectivity index (χ0n) is 24.7. The summed E-state index contributed by atoms with van der Waals surface area (Å²) in [7, 11) is 19.1. The zero-order valence-corrected chi connectivity index (χ0v) is 24.7. The lowest BCUT2D eigenvalue weighted by Crippen LogP contribution is -2.51. The number of fused-ring (bicyclic) bond motifs is 6. The van der Waals surface area contributed by atoms with Crippen LogP contribution >= 0.6 is 0 Å². The lowest BCUT2D eigenvalue weighted by Gasteiger charge is -2.41. The van der Waals surface area contributed by atoms with Crippen LogP contribution in [0.3, 0.4) is 0 Å². The van der Waals surface area contributed by atoms with E-state index in [4.69, 9.17) is 23.5 Å². The quantitative estimate of drug-likeness (QED) is 0.349. The number of hydrogen-bond acceptors (Lipinski definition) is 6. The van der Waals surface area contributed by atoms with E-state index in [0.29, 0.717) is 19.4 Å². The molecule has 3 aromatic rings. The Morgan fingerprint density at radius 1 is 0.956 bits per heavy atom. The number of nitrogens with one attached hydrogen (secondary N) is 1. The van der Waals surface area contributed by atoms with Crippen LogP contribution in [0.5, 0.6) is 0 Å². The van der Waals surface area contributed by atoms with Crippen molar-refractivity contribution in [2.75, 3.05) is 16.8 Å². The summed E-state index contributed by atoms with van der Waals surface area (Å²) in [6.07, 6.45) is -0.782. The normalized spacial score (nSPS) is 18.8. The summed E-state index contributed by atoms with van der Waals surface area (Å²) in [6.45, 7) is 0.327. The standard InChI is InChI=1S/C31H32B3F3N4O4/c32-29(45)17-7-3-1-2-4-8-19-41(30(33,34)18-16-26(42)43)25-13-9-12-23(38-25)28(44)40-24-15-14-22(31(35,36)37)27(39-24)20-10-5-6-11-21(20)29/h5-6,9-15,45H,1-4,7-8,16-19H2,(H,42,43)(H,39,40,44). The Morgan fingerprint density at radius 3 is 2.36 bits per heavy atom. The maximum Gasteiger partial charge on any atom is 0.418 e. The number of halogens is 3. The Labute approximate surface area is 264 Å². The van der Waals surface area contributed by atoms with E-state index in [1.165, 1.54) is 24.3 Å². The molecule has 6 radical (unpaired) electrons. The third kappa shape index (κ3) is 8.68. The Hall–Kier alpha value is -3.80. The smallest absolute Gasteiger partial charge is 0.418 e. The van der Waals surface area contributed by atoms with E-state index in [2.05, 4.69) is 15.3 Å². The number of benzene rings is 1. The Kier molecular flexibility index (Phi) is 10.7.